The molecule has 0 atom stereocenters. The molecular formula is C23H27F2N3O4S. The molecule has 3 N–H and O–H groups in total. The SMILES string of the molecule is Cc1cc2c(cc1C(=O)NC1(C)CS(O)(O)C1)c(C(C)C)nn2-c1cccc(OC(F)F)c1. The maximum Gasteiger partial charge on any atom is 0.387 e. The van der Waals surface area contributed by atoms with Crippen LogP contribution in [0, 0.1) is 6.92 Å². The van der Waals surface area contributed by atoms with Gasteiger partial charge >= 0.3 is 6.61 Å². The number of aromatic nitrogens is 2. The molecule has 1 saturated heterocycles. The Labute approximate surface area is 192 Å². The van der Waals surface area contributed by atoms with Gasteiger partial charge in [-0.3, -0.25) is 13.9 Å². The van der Waals surface area contributed by atoms with Crippen molar-refractivity contribution in [2.24, 2.45) is 0 Å². The fourth-order valence-corrected chi connectivity index (χ4v) is 6.44. The van der Waals surface area contributed by atoms with E-state index in [2.05, 4.69) is 10.1 Å². The minimum atomic E-state index is -2.93. The van der Waals surface area contributed by atoms with Gasteiger partial charge in [-0.15, -0.1) is 0 Å². The summed E-state index contributed by atoms with van der Waals surface area (Å²) in [5, 5.41) is 8.43. The first-order chi connectivity index (χ1) is 15.4. The second-order valence-electron chi connectivity index (χ2n) is 9.12. The molecule has 2 aromatic carbocycles. The first-order valence-electron chi connectivity index (χ1n) is 10.5. The average molecular weight is 480 g/mol. The molecular weight excluding hydrogens is 452 g/mol. The predicted molar refractivity (Wildman–Crippen MR) is 125 cm³/mol. The van der Waals surface area contributed by atoms with Crippen molar-refractivity contribution >= 4 is 27.4 Å². The lowest BCUT2D eigenvalue weighted by Gasteiger charge is -2.54. The van der Waals surface area contributed by atoms with Crippen molar-refractivity contribution in [1.29, 1.82) is 0 Å². The van der Waals surface area contributed by atoms with Crippen molar-refractivity contribution in [3.05, 3.63) is 53.2 Å². The molecule has 0 radical (unpaired) electrons. The smallest absolute Gasteiger partial charge is 0.387 e. The largest absolute Gasteiger partial charge is 0.435 e. The summed E-state index contributed by atoms with van der Waals surface area (Å²) < 4.78 is 51.0. The third-order valence-electron chi connectivity index (χ3n) is 5.65. The highest BCUT2D eigenvalue weighted by molar-refractivity contribution is 8.25. The van der Waals surface area contributed by atoms with Crippen LogP contribution >= 0.6 is 10.6 Å². The highest BCUT2D eigenvalue weighted by Crippen LogP contribution is 2.53. The number of halogens is 2. The lowest BCUT2D eigenvalue weighted by Crippen LogP contribution is -2.61. The second-order valence-corrected chi connectivity index (χ2v) is 11.3. The highest BCUT2D eigenvalue weighted by atomic mass is 32.3. The molecule has 178 valence electrons. The minimum absolute atomic E-state index is 0.0321. The van der Waals surface area contributed by atoms with Gasteiger partial charge in [0, 0.05) is 17.0 Å². The van der Waals surface area contributed by atoms with Gasteiger partial charge in [-0.25, -0.2) is 4.68 Å². The molecule has 1 aromatic heterocycles. The molecule has 1 amide bonds. The van der Waals surface area contributed by atoms with Crippen molar-refractivity contribution < 1.29 is 27.4 Å². The van der Waals surface area contributed by atoms with E-state index >= 15 is 0 Å². The number of rotatable bonds is 6. The van der Waals surface area contributed by atoms with E-state index in [1.54, 1.807) is 29.8 Å². The Bertz CT molecular complexity index is 1220. The molecule has 2 heterocycles. The summed E-state index contributed by atoms with van der Waals surface area (Å²) in [4.78, 5) is 13.1. The lowest BCUT2D eigenvalue weighted by atomic mass is 9.99. The van der Waals surface area contributed by atoms with Crippen LogP contribution in [0.4, 0.5) is 8.78 Å². The van der Waals surface area contributed by atoms with Crippen LogP contribution in [0.2, 0.25) is 0 Å². The number of fused-ring (bicyclic) bond motifs is 1. The fourth-order valence-electron chi connectivity index (χ4n) is 4.34. The summed E-state index contributed by atoms with van der Waals surface area (Å²) in [6.45, 7) is 4.66. The van der Waals surface area contributed by atoms with E-state index < -0.39 is 22.7 Å². The molecule has 1 aliphatic heterocycles. The number of amides is 1. The van der Waals surface area contributed by atoms with E-state index in [1.165, 1.54) is 12.1 Å². The first-order valence-corrected chi connectivity index (χ1v) is 12.4. The van der Waals surface area contributed by atoms with Gasteiger partial charge in [0.25, 0.3) is 5.91 Å². The van der Waals surface area contributed by atoms with Crippen LogP contribution in [0.25, 0.3) is 16.6 Å². The van der Waals surface area contributed by atoms with E-state index in [0.717, 1.165) is 16.6 Å². The number of benzene rings is 2. The maximum atomic E-state index is 13.1. The van der Waals surface area contributed by atoms with E-state index in [9.17, 15) is 22.7 Å². The molecule has 0 unspecified atom stereocenters. The van der Waals surface area contributed by atoms with Crippen molar-refractivity contribution in [3.63, 3.8) is 0 Å². The number of nitrogens with zero attached hydrogens (tertiary/aromatic N) is 2. The summed E-state index contributed by atoms with van der Waals surface area (Å²) in [6, 6.07) is 9.95. The van der Waals surface area contributed by atoms with Crippen molar-refractivity contribution in [2.75, 3.05) is 11.5 Å². The van der Waals surface area contributed by atoms with Gasteiger partial charge in [-0.05, 0) is 49.6 Å². The van der Waals surface area contributed by atoms with Gasteiger partial charge in [-0.2, -0.15) is 24.5 Å². The Balaban J connectivity index is 1.75. The zero-order valence-corrected chi connectivity index (χ0v) is 19.6. The summed E-state index contributed by atoms with van der Waals surface area (Å²) in [5.74, 6) is 0.0645. The summed E-state index contributed by atoms with van der Waals surface area (Å²) in [6.07, 6.45) is 0. The van der Waals surface area contributed by atoms with Gasteiger partial charge in [0.05, 0.1) is 33.9 Å². The Hall–Kier alpha value is -2.69. The molecule has 1 fully saturated rings. The standard InChI is InChI=1S/C23H27F2N3O4S/c1-13(2)20-18-10-17(21(29)26-23(4)11-33(30,31)12-23)14(3)8-19(18)28(27-20)15-6-5-7-16(9-15)32-22(24)25/h5-10,13,22,30-31H,11-12H2,1-4H3,(H,26,29). The van der Waals surface area contributed by atoms with Crippen LogP contribution in [0.5, 0.6) is 5.75 Å². The quantitative estimate of drug-likeness (QED) is 0.445. The average Bonchev–Trinajstić information content (AvgIpc) is 3.03. The summed E-state index contributed by atoms with van der Waals surface area (Å²) >= 11 is 0. The molecule has 0 spiro atoms. The Morgan fingerprint density at radius 3 is 2.55 bits per heavy atom. The van der Waals surface area contributed by atoms with Crippen molar-refractivity contribution in [1.82, 2.24) is 15.1 Å². The predicted octanol–water partition coefficient (Wildman–Crippen LogP) is 5.31. The minimum Gasteiger partial charge on any atom is -0.435 e. The van der Waals surface area contributed by atoms with Gasteiger partial charge in [0.2, 0.25) is 0 Å². The molecule has 33 heavy (non-hydrogen) atoms. The van der Waals surface area contributed by atoms with E-state index in [-0.39, 0.29) is 29.1 Å². The van der Waals surface area contributed by atoms with Crippen molar-refractivity contribution in [3.8, 4) is 11.4 Å². The zero-order valence-electron chi connectivity index (χ0n) is 18.8. The van der Waals surface area contributed by atoms with Crippen molar-refractivity contribution in [2.45, 2.75) is 45.8 Å². The molecule has 1 aliphatic rings. The van der Waals surface area contributed by atoms with Gasteiger partial charge in [0.15, 0.2) is 0 Å². The molecule has 10 heteroatoms. The van der Waals surface area contributed by atoms with Crippen LogP contribution in [0.15, 0.2) is 36.4 Å². The summed E-state index contributed by atoms with van der Waals surface area (Å²) in [7, 11) is -2.60. The molecule has 4 rings (SSSR count). The van der Waals surface area contributed by atoms with Gasteiger partial charge in [0.1, 0.15) is 5.75 Å². The fraction of sp³-hybridized carbons (Fsp3) is 0.391. The van der Waals surface area contributed by atoms with E-state index in [0.29, 0.717) is 16.8 Å². The normalized spacial score (nSPS) is 17.8. The molecule has 0 bridgehead atoms. The van der Waals surface area contributed by atoms with Crippen LogP contribution in [0.1, 0.15) is 48.3 Å². The third kappa shape index (κ3) is 4.68. The number of alkyl halides is 2. The molecule has 0 aliphatic carbocycles. The Kier molecular flexibility index (Phi) is 5.88. The van der Waals surface area contributed by atoms with Crippen LogP contribution < -0.4 is 10.1 Å². The van der Waals surface area contributed by atoms with Crippen LogP contribution in [-0.2, 0) is 0 Å². The number of nitrogens with one attached hydrogen (secondary N) is 1. The first kappa shape index (κ1) is 23.5. The molecule has 3 aromatic rings. The van der Waals surface area contributed by atoms with E-state index in [4.69, 9.17) is 5.10 Å². The monoisotopic (exact) mass is 479 g/mol. The van der Waals surface area contributed by atoms with Gasteiger partial charge in [-0.1, -0.05) is 19.9 Å². The Morgan fingerprint density at radius 1 is 1.24 bits per heavy atom. The number of ether oxygens (including phenoxy) is 1. The zero-order chi connectivity index (χ0) is 24.1. The third-order valence-corrected chi connectivity index (χ3v) is 7.85. The number of carbonyl (C=O) groups is 1. The number of hydrogen-bond donors (Lipinski definition) is 3. The number of carbonyl (C=O) groups excluding carboxylic acids is 1. The van der Waals surface area contributed by atoms with Gasteiger partial charge < -0.3 is 10.1 Å². The van der Waals surface area contributed by atoms with E-state index in [1.807, 2.05) is 26.8 Å². The number of hydrogen-bond acceptors (Lipinski definition) is 5. The Morgan fingerprint density at radius 2 is 1.94 bits per heavy atom. The summed E-state index contributed by atoms with van der Waals surface area (Å²) in [5.41, 5.74) is 2.60. The maximum absolute atomic E-state index is 13.1. The number of aryl methyl sites for hydroxylation is 1. The van der Waals surface area contributed by atoms with Crippen LogP contribution in [-0.4, -0.2) is 48.4 Å². The highest BCUT2D eigenvalue weighted by Gasteiger charge is 2.45. The topological polar surface area (TPSA) is 96.6 Å². The molecule has 7 nitrogen and oxygen atoms in total. The molecule has 0 saturated carbocycles. The van der Waals surface area contributed by atoms with Crippen LogP contribution in [0.3, 0.4) is 0 Å². The lowest BCUT2D eigenvalue weighted by molar-refractivity contribution is -0.0498. The second kappa shape index (κ2) is 8.27.